The summed E-state index contributed by atoms with van der Waals surface area (Å²) in [5.41, 5.74) is 2.69. The molecule has 1 aliphatic carbocycles. The number of hydrogen-bond acceptors (Lipinski definition) is 2. The van der Waals surface area contributed by atoms with Crippen molar-refractivity contribution in [3.05, 3.63) is 47.8 Å². The van der Waals surface area contributed by atoms with Gasteiger partial charge in [-0.05, 0) is 55.6 Å². The molecule has 3 heteroatoms. The molecular formula is C24H33FN2. The summed E-state index contributed by atoms with van der Waals surface area (Å²) in [5, 5.41) is 0. The molecule has 0 atom stereocenters. The SMILES string of the molecule is CCCCCc1ccc(-c2cnc(C3CCC(CCC)CC3)nc2F)cc1. The third-order valence-electron chi connectivity index (χ3n) is 6.00. The zero-order valence-electron chi connectivity index (χ0n) is 16.9. The first-order valence-corrected chi connectivity index (χ1v) is 10.8. The van der Waals surface area contributed by atoms with E-state index in [1.165, 1.54) is 50.5 Å². The van der Waals surface area contributed by atoms with E-state index >= 15 is 0 Å². The lowest BCUT2D eigenvalue weighted by atomic mass is 9.80. The number of nitrogens with zero attached hydrogens (tertiary/aromatic N) is 2. The van der Waals surface area contributed by atoms with E-state index in [0.717, 1.165) is 30.7 Å². The minimum Gasteiger partial charge on any atom is -0.240 e. The summed E-state index contributed by atoms with van der Waals surface area (Å²) in [6.07, 6.45) is 13.7. The molecule has 0 saturated heterocycles. The molecule has 27 heavy (non-hydrogen) atoms. The summed E-state index contributed by atoms with van der Waals surface area (Å²) in [4.78, 5) is 8.79. The molecule has 1 aromatic heterocycles. The van der Waals surface area contributed by atoms with Gasteiger partial charge >= 0.3 is 0 Å². The van der Waals surface area contributed by atoms with Crippen LogP contribution in [-0.2, 0) is 6.42 Å². The Morgan fingerprint density at radius 1 is 0.963 bits per heavy atom. The predicted molar refractivity (Wildman–Crippen MR) is 110 cm³/mol. The summed E-state index contributed by atoms with van der Waals surface area (Å²) >= 11 is 0. The smallest absolute Gasteiger partial charge is 0.224 e. The van der Waals surface area contributed by atoms with Gasteiger partial charge in [0.05, 0.1) is 5.56 Å². The molecule has 0 N–H and O–H groups in total. The Hall–Kier alpha value is -1.77. The zero-order valence-corrected chi connectivity index (χ0v) is 16.9. The summed E-state index contributed by atoms with van der Waals surface area (Å²) in [6.45, 7) is 4.47. The Balaban J connectivity index is 1.64. The van der Waals surface area contributed by atoms with Gasteiger partial charge in [0.15, 0.2) is 0 Å². The van der Waals surface area contributed by atoms with Gasteiger partial charge < -0.3 is 0 Å². The highest BCUT2D eigenvalue weighted by molar-refractivity contribution is 5.62. The summed E-state index contributed by atoms with van der Waals surface area (Å²) < 4.78 is 14.7. The van der Waals surface area contributed by atoms with Crippen LogP contribution in [0, 0.1) is 11.9 Å². The van der Waals surface area contributed by atoms with E-state index < -0.39 is 0 Å². The number of aryl methyl sites for hydroxylation is 1. The number of hydrogen-bond donors (Lipinski definition) is 0. The third kappa shape index (κ3) is 5.37. The van der Waals surface area contributed by atoms with Crippen LogP contribution < -0.4 is 0 Å². The fraction of sp³-hybridized carbons (Fsp3) is 0.583. The molecule has 1 aliphatic rings. The second-order valence-electron chi connectivity index (χ2n) is 8.09. The Bertz CT molecular complexity index is 703. The quantitative estimate of drug-likeness (QED) is 0.367. The van der Waals surface area contributed by atoms with Crippen LogP contribution in [0.5, 0.6) is 0 Å². The van der Waals surface area contributed by atoms with Crippen LogP contribution in [0.3, 0.4) is 0 Å². The molecule has 2 nitrogen and oxygen atoms in total. The topological polar surface area (TPSA) is 25.8 Å². The molecular weight excluding hydrogens is 335 g/mol. The third-order valence-corrected chi connectivity index (χ3v) is 6.00. The summed E-state index contributed by atoms with van der Waals surface area (Å²) in [5.74, 6) is 1.48. The lowest BCUT2D eigenvalue weighted by molar-refractivity contribution is 0.301. The Morgan fingerprint density at radius 2 is 1.70 bits per heavy atom. The molecule has 1 saturated carbocycles. The van der Waals surface area contributed by atoms with Gasteiger partial charge in [0.25, 0.3) is 0 Å². The van der Waals surface area contributed by atoms with Gasteiger partial charge in [-0.3, -0.25) is 0 Å². The van der Waals surface area contributed by atoms with E-state index in [1.807, 2.05) is 12.1 Å². The molecule has 146 valence electrons. The normalized spacial score (nSPS) is 20.0. The van der Waals surface area contributed by atoms with E-state index in [-0.39, 0.29) is 5.95 Å². The van der Waals surface area contributed by atoms with Crippen LogP contribution >= 0.6 is 0 Å². The Labute approximate surface area is 163 Å². The van der Waals surface area contributed by atoms with E-state index in [2.05, 4.69) is 35.9 Å². The predicted octanol–water partition coefficient (Wildman–Crippen LogP) is 7.09. The van der Waals surface area contributed by atoms with Crippen LogP contribution in [0.2, 0.25) is 0 Å². The van der Waals surface area contributed by atoms with Crippen molar-refractivity contribution in [2.24, 2.45) is 5.92 Å². The van der Waals surface area contributed by atoms with E-state index in [4.69, 9.17) is 0 Å². The molecule has 1 fully saturated rings. The maximum Gasteiger partial charge on any atom is 0.224 e. The first kappa shape index (κ1) is 20.0. The van der Waals surface area contributed by atoms with Gasteiger partial charge in [-0.25, -0.2) is 9.97 Å². The molecule has 1 heterocycles. The molecule has 0 bridgehead atoms. The number of halogens is 1. The molecule has 2 aromatic rings. The molecule has 0 amide bonds. The second-order valence-corrected chi connectivity index (χ2v) is 8.09. The summed E-state index contributed by atoms with van der Waals surface area (Å²) in [7, 11) is 0. The maximum atomic E-state index is 14.7. The van der Waals surface area contributed by atoms with Crippen LogP contribution in [0.15, 0.2) is 30.5 Å². The van der Waals surface area contributed by atoms with Crippen molar-refractivity contribution in [2.45, 2.75) is 84.0 Å². The van der Waals surface area contributed by atoms with Gasteiger partial charge in [-0.2, -0.15) is 4.39 Å². The number of unbranched alkanes of at least 4 members (excludes halogenated alkanes) is 2. The van der Waals surface area contributed by atoms with Crippen molar-refractivity contribution < 1.29 is 4.39 Å². The highest BCUT2D eigenvalue weighted by Crippen LogP contribution is 2.36. The van der Waals surface area contributed by atoms with E-state index in [1.54, 1.807) is 6.20 Å². The largest absolute Gasteiger partial charge is 0.240 e. The van der Waals surface area contributed by atoms with Crippen LogP contribution in [-0.4, -0.2) is 9.97 Å². The van der Waals surface area contributed by atoms with Crippen LogP contribution in [0.25, 0.3) is 11.1 Å². The molecule has 0 radical (unpaired) electrons. The maximum absolute atomic E-state index is 14.7. The minimum absolute atomic E-state index is 0.322. The van der Waals surface area contributed by atoms with Crippen molar-refractivity contribution in [2.75, 3.05) is 0 Å². The highest BCUT2D eigenvalue weighted by Gasteiger charge is 2.24. The van der Waals surface area contributed by atoms with Crippen molar-refractivity contribution >= 4 is 0 Å². The molecule has 0 unspecified atom stereocenters. The van der Waals surface area contributed by atoms with Crippen molar-refractivity contribution in [3.63, 3.8) is 0 Å². The average Bonchev–Trinajstić information content (AvgIpc) is 2.70. The standard InChI is InChI=1S/C24H33FN2/c1-3-5-6-8-19-9-13-20(14-10-19)22-17-26-24(27-23(22)25)21-15-11-18(7-4-2)12-16-21/h9-10,13-14,17-18,21H,3-8,11-12,15-16H2,1-2H3. The van der Waals surface area contributed by atoms with Crippen molar-refractivity contribution in [1.82, 2.24) is 9.97 Å². The monoisotopic (exact) mass is 368 g/mol. The molecule has 1 aromatic carbocycles. The fourth-order valence-corrected chi connectivity index (χ4v) is 4.31. The molecule has 0 spiro atoms. The highest BCUT2D eigenvalue weighted by atomic mass is 19.1. The minimum atomic E-state index is -0.380. The van der Waals surface area contributed by atoms with Crippen LogP contribution in [0.1, 0.15) is 88.9 Å². The van der Waals surface area contributed by atoms with Crippen molar-refractivity contribution in [3.8, 4) is 11.1 Å². The average molecular weight is 369 g/mol. The molecule has 0 aliphatic heterocycles. The lowest BCUT2D eigenvalue weighted by Crippen LogP contribution is -2.16. The van der Waals surface area contributed by atoms with Gasteiger partial charge in [0.2, 0.25) is 5.95 Å². The van der Waals surface area contributed by atoms with Gasteiger partial charge in [-0.15, -0.1) is 0 Å². The second kappa shape index (κ2) is 9.96. The van der Waals surface area contributed by atoms with Gasteiger partial charge in [0, 0.05) is 12.1 Å². The summed E-state index contributed by atoms with van der Waals surface area (Å²) in [6, 6.07) is 8.21. The number of benzene rings is 1. The van der Waals surface area contributed by atoms with Gasteiger partial charge in [0.1, 0.15) is 5.82 Å². The molecule has 3 rings (SSSR count). The van der Waals surface area contributed by atoms with E-state index in [9.17, 15) is 4.39 Å². The number of aromatic nitrogens is 2. The Morgan fingerprint density at radius 3 is 2.33 bits per heavy atom. The van der Waals surface area contributed by atoms with Crippen LogP contribution in [0.4, 0.5) is 4.39 Å². The van der Waals surface area contributed by atoms with Gasteiger partial charge in [-0.1, -0.05) is 63.8 Å². The lowest BCUT2D eigenvalue weighted by Gasteiger charge is -2.27. The number of rotatable bonds is 8. The first-order chi connectivity index (χ1) is 13.2. The zero-order chi connectivity index (χ0) is 19.1. The fourth-order valence-electron chi connectivity index (χ4n) is 4.31. The van der Waals surface area contributed by atoms with Crippen molar-refractivity contribution in [1.29, 1.82) is 0 Å². The Kier molecular flexibility index (Phi) is 7.37. The van der Waals surface area contributed by atoms with E-state index in [0.29, 0.717) is 17.3 Å². The first-order valence-electron chi connectivity index (χ1n) is 10.8.